The number of carbonyl (C=O) groups excluding carboxylic acids is 1. The fraction of sp³-hybridized carbons (Fsp3) is 0.188. The fourth-order valence-electron chi connectivity index (χ4n) is 1.91. The zero-order valence-corrected chi connectivity index (χ0v) is 11.9. The highest BCUT2D eigenvalue weighted by Gasteiger charge is 2.14. The van der Waals surface area contributed by atoms with E-state index in [1.165, 1.54) is 18.2 Å². The Morgan fingerprint density at radius 1 is 1.24 bits per heavy atom. The van der Waals surface area contributed by atoms with Gasteiger partial charge < -0.3 is 15.8 Å². The van der Waals surface area contributed by atoms with Gasteiger partial charge in [0.25, 0.3) is 5.91 Å². The van der Waals surface area contributed by atoms with E-state index in [1.807, 2.05) is 6.92 Å². The van der Waals surface area contributed by atoms with Crippen LogP contribution in [0.25, 0.3) is 0 Å². The van der Waals surface area contributed by atoms with Crippen LogP contribution in [0.15, 0.2) is 36.4 Å². The molecule has 0 radical (unpaired) electrons. The van der Waals surface area contributed by atoms with Crippen LogP contribution in [0.3, 0.4) is 0 Å². The van der Waals surface area contributed by atoms with Gasteiger partial charge in [0.2, 0.25) is 0 Å². The second-order valence-electron chi connectivity index (χ2n) is 4.63. The van der Waals surface area contributed by atoms with Gasteiger partial charge in [0.15, 0.2) is 0 Å². The summed E-state index contributed by atoms with van der Waals surface area (Å²) in [4.78, 5) is 12.0. The first kappa shape index (κ1) is 14.8. The molecule has 1 amide bonds. The third-order valence-corrected chi connectivity index (χ3v) is 2.94. The first-order valence-electron chi connectivity index (χ1n) is 6.63. The Bertz CT molecular complexity index is 671. The molecule has 0 bridgehead atoms. The molecule has 0 aliphatic heterocycles. The number of nitrogen functional groups attached to an aromatic ring is 1. The number of ether oxygens (including phenoxy) is 1. The van der Waals surface area contributed by atoms with E-state index >= 15 is 0 Å². The molecule has 5 heteroatoms. The molecule has 3 N–H and O–H groups in total. The van der Waals surface area contributed by atoms with E-state index in [2.05, 4.69) is 5.32 Å². The summed E-state index contributed by atoms with van der Waals surface area (Å²) in [5.41, 5.74) is 7.25. The average Bonchev–Trinajstić information content (AvgIpc) is 2.42. The number of hydrogen-bond acceptors (Lipinski definition) is 3. The molecule has 4 nitrogen and oxygen atoms in total. The Labute approximate surface area is 122 Å². The van der Waals surface area contributed by atoms with E-state index < -0.39 is 0 Å². The van der Waals surface area contributed by atoms with Crippen molar-refractivity contribution in [2.24, 2.45) is 0 Å². The van der Waals surface area contributed by atoms with Gasteiger partial charge in [0.1, 0.15) is 17.3 Å². The predicted octanol–water partition coefficient (Wildman–Crippen LogP) is 3.26. The van der Waals surface area contributed by atoms with Gasteiger partial charge in [-0.3, -0.25) is 4.79 Å². The number of rotatable bonds is 4. The van der Waals surface area contributed by atoms with Crippen molar-refractivity contribution >= 4 is 11.6 Å². The number of benzene rings is 2. The van der Waals surface area contributed by atoms with Crippen LogP contribution in [-0.4, -0.2) is 12.5 Å². The quantitative estimate of drug-likeness (QED) is 0.849. The van der Waals surface area contributed by atoms with Crippen LogP contribution in [0.2, 0.25) is 0 Å². The second-order valence-corrected chi connectivity index (χ2v) is 4.63. The van der Waals surface area contributed by atoms with Crippen molar-refractivity contribution in [1.82, 2.24) is 5.32 Å². The number of aryl methyl sites for hydroxylation is 1. The molecule has 0 atom stereocenters. The molecule has 0 spiro atoms. The fourth-order valence-corrected chi connectivity index (χ4v) is 1.91. The van der Waals surface area contributed by atoms with Gasteiger partial charge in [-0.2, -0.15) is 0 Å². The van der Waals surface area contributed by atoms with Crippen LogP contribution in [0.4, 0.5) is 10.1 Å². The maximum absolute atomic E-state index is 13.1. The van der Waals surface area contributed by atoms with Gasteiger partial charge in [-0.1, -0.05) is 0 Å². The van der Waals surface area contributed by atoms with Gasteiger partial charge in [0, 0.05) is 18.3 Å². The number of hydrogen-bond donors (Lipinski definition) is 2. The molecular weight excluding hydrogens is 271 g/mol. The van der Waals surface area contributed by atoms with Crippen LogP contribution in [0.1, 0.15) is 22.8 Å². The number of anilines is 1. The molecule has 2 rings (SSSR count). The predicted molar refractivity (Wildman–Crippen MR) is 80.1 cm³/mol. The molecule has 0 aliphatic rings. The van der Waals surface area contributed by atoms with Gasteiger partial charge in [-0.05, 0) is 49.7 Å². The topological polar surface area (TPSA) is 64.4 Å². The maximum Gasteiger partial charge on any atom is 0.255 e. The molecule has 0 aromatic heterocycles. The van der Waals surface area contributed by atoms with Crippen LogP contribution in [0, 0.1) is 12.7 Å². The van der Waals surface area contributed by atoms with Crippen molar-refractivity contribution in [1.29, 1.82) is 0 Å². The van der Waals surface area contributed by atoms with E-state index in [4.69, 9.17) is 10.5 Å². The molecule has 2 aromatic carbocycles. The standard InChI is InChI=1S/C16H17FN2O2/c1-3-19-16(20)13-6-5-12(18)9-15(13)21-14-7-4-11(17)8-10(14)2/h4-9H,3,18H2,1-2H3,(H,19,20). The van der Waals surface area contributed by atoms with Crippen molar-refractivity contribution in [3.05, 3.63) is 53.3 Å². The summed E-state index contributed by atoms with van der Waals surface area (Å²) in [5, 5.41) is 2.71. The lowest BCUT2D eigenvalue weighted by atomic mass is 10.1. The Balaban J connectivity index is 2.38. The third kappa shape index (κ3) is 3.51. The van der Waals surface area contributed by atoms with E-state index in [0.717, 1.165) is 0 Å². The SMILES string of the molecule is CCNC(=O)c1ccc(N)cc1Oc1ccc(F)cc1C. The molecule has 0 heterocycles. The molecule has 0 saturated carbocycles. The minimum absolute atomic E-state index is 0.243. The summed E-state index contributed by atoms with van der Waals surface area (Å²) in [5.74, 6) is 0.242. The third-order valence-electron chi connectivity index (χ3n) is 2.94. The lowest BCUT2D eigenvalue weighted by Crippen LogP contribution is -2.23. The number of carbonyl (C=O) groups is 1. The smallest absolute Gasteiger partial charge is 0.255 e. The summed E-state index contributed by atoms with van der Waals surface area (Å²) in [7, 11) is 0. The zero-order valence-electron chi connectivity index (χ0n) is 11.9. The van der Waals surface area contributed by atoms with Crippen molar-refractivity contribution in [3.63, 3.8) is 0 Å². The normalized spacial score (nSPS) is 10.2. The average molecular weight is 288 g/mol. The largest absolute Gasteiger partial charge is 0.456 e. The van der Waals surface area contributed by atoms with Gasteiger partial charge in [-0.15, -0.1) is 0 Å². The highest BCUT2D eigenvalue weighted by molar-refractivity contribution is 5.97. The van der Waals surface area contributed by atoms with Gasteiger partial charge >= 0.3 is 0 Å². The second kappa shape index (κ2) is 6.26. The van der Waals surface area contributed by atoms with Crippen LogP contribution < -0.4 is 15.8 Å². The Hall–Kier alpha value is -2.56. The molecule has 0 fully saturated rings. The van der Waals surface area contributed by atoms with Crippen molar-refractivity contribution < 1.29 is 13.9 Å². The summed E-state index contributed by atoms with van der Waals surface area (Å²) in [6.45, 7) is 4.08. The Morgan fingerprint density at radius 3 is 2.67 bits per heavy atom. The minimum Gasteiger partial charge on any atom is -0.456 e. The number of halogens is 1. The van der Waals surface area contributed by atoms with Crippen LogP contribution in [-0.2, 0) is 0 Å². The number of amides is 1. The molecule has 2 aromatic rings. The first-order valence-corrected chi connectivity index (χ1v) is 6.63. The summed E-state index contributed by atoms with van der Waals surface area (Å²) in [6, 6.07) is 9.01. The maximum atomic E-state index is 13.1. The van der Waals surface area contributed by atoms with E-state index in [1.54, 1.807) is 25.1 Å². The van der Waals surface area contributed by atoms with Crippen LogP contribution >= 0.6 is 0 Å². The monoisotopic (exact) mass is 288 g/mol. The highest BCUT2D eigenvalue weighted by Crippen LogP contribution is 2.30. The number of nitrogens with two attached hydrogens (primary N) is 1. The molecular formula is C16H17FN2O2. The molecule has 21 heavy (non-hydrogen) atoms. The number of nitrogens with one attached hydrogen (secondary N) is 1. The van der Waals surface area contributed by atoms with Gasteiger partial charge in [-0.25, -0.2) is 4.39 Å². The lowest BCUT2D eigenvalue weighted by Gasteiger charge is -2.13. The van der Waals surface area contributed by atoms with Crippen molar-refractivity contribution in [3.8, 4) is 11.5 Å². The summed E-state index contributed by atoms with van der Waals surface area (Å²) < 4.78 is 18.9. The minimum atomic E-state index is -0.337. The Morgan fingerprint density at radius 2 is 2.00 bits per heavy atom. The van der Waals surface area contributed by atoms with E-state index in [0.29, 0.717) is 34.9 Å². The van der Waals surface area contributed by atoms with Gasteiger partial charge in [0.05, 0.1) is 5.56 Å². The molecule has 0 aliphatic carbocycles. The van der Waals surface area contributed by atoms with E-state index in [9.17, 15) is 9.18 Å². The molecule has 0 unspecified atom stereocenters. The Kier molecular flexibility index (Phi) is 4.42. The first-order chi connectivity index (χ1) is 10.0. The van der Waals surface area contributed by atoms with Crippen LogP contribution in [0.5, 0.6) is 11.5 Å². The molecule has 110 valence electrons. The molecule has 0 saturated heterocycles. The van der Waals surface area contributed by atoms with Crippen molar-refractivity contribution in [2.45, 2.75) is 13.8 Å². The highest BCUT2D eigenvalue weighted by atomic mass is 19.1. The lowest BCUT2D eigenvalue weighted by molar-refractivity contribution is 0.0953. The summed E-state index contributed by atoms with van der Waals surface area (Å²) >= 11 is 0. The zero-order chi connectivity index (χ0) is 15.4. The van der Waals surface area contributed by atoms with E-state index in [-0.39, 0.29) is 11.7 Å². The van der Waals surface area contributed by atoms with Crippen molar-refractivity contribution in [2.75, 3.05) is 12.3 Å². The summed E-state index contributed by atoms with van der Waals surface area (Å²) in [6.07, 6.45) is 0.